The topological polar surface area (TPSA) is 76.9 Å². The second-order valence-electron chi connectivity index (χ2n) is 6.57. The highest BCUT2D eigenvalue weighted by atomic mass is 35.5. The summed E-state index contributed by atoms with van der Waals surface area (Å²) in [6, 6.07) is 14.2. The van der Waals surface area contributed by atoms with Crippen molar-refractivity contribution in [1.82, 2.24) is 20.1 Å². The third kappa shape index (κ3) is 5.58. The van der Waals surface area contributed by atoms with Gasteiger partial charge in [-0.15, -0.1) is 16.8 Å². The number of allylic oxidation sites excluding steroid dienone is 1. The van der Waals surface area contributed by atoms with Crippen molar-refractivity contribution in [3.05, 3.63) is 88.7 Å². The highest BCUT2D eigenvalue weighted by Gasteiger charge is 2.15. The first kappa shape index (κ1) is 21.8. The van der Waals surface area contributed by atoms with Crippen LogP contribution in [0.2, 0.25) is 5.02 Å². The summed E-state index contributed by atoms with van der Waals surface area (Å²) in [6.45, 7) is 6.40. The number of nitrogens with zero attached hydrogens (tertiary/aromatic N) is 3. The van der Waals surface area contributed by atoms with Crippen LogP contribution >= 0.6 is 23.4 Å². The molecular formula is C22H21ClN4O2S. The first-order valence-electron chi connectivity index (χ1n) is 9.27. The molecule has 0 aliphatic carbocycles. The number of ketones is 1. The fourth-order valence-electron chi connectivity index (χ4n) is 2.77. The quantitative estimate of drug-likeness (QED) is 0.304. The maximum Gasteiger partial charge on any atom is 0.251 e. The van der Waals surface area contributed by atoms with Gasteiger partial charge in [0.25, 0.3) is 5.91 Å². The summed E-state index contributed by atoms with van der Waals surface area (Å²) in [5.74, 6) is 0.600. The molecule has 0 aliphatic rings. The van der Waals surface area contributed by atoms with Gasteiger partial charge in [-0.1, -0.05) is 47.1 Å². The van der Waals surface area contributed by atoms with E-state index in [0.29, 0.717) is 33.7 Å². The lowest BCUT2D eigenvalue weighted by atomic mass is 10.1. The number of hydrogen-bond donors (Lipinski definition) is 1. The van der Waals surface area contributed by atoms with Gasteiger partial charge < -0.3 is 9.88 Å². The predicted molar refractivity (Wildman–Crippen MR) is 119 cm³/mol. The molecule has 8 heteroatoms. The zero-order chi connectivity index (χ0) is 21.5. The Labute approximate surface area is 184 Å². The maximum absolute atomic E-state index is 12.4. The van der Waals surface area contributed by atoms with E-state index in [-0.39, 0.29) is 24.0 Å². The standard InChI is InChI=1S/C22H21ClN4O2S/c1-3-11-27-20(13-24-21(29)17-6-4-5-15(2)12-17)25-26-22(27)30-14-19(28)16-7-9-18(23)10-8-16/h3-10,12H,1,11,13-14H2,2H3,(H,24,29). The van der Waals surface area contributed by atoms with Gasteiger partial charge in [0.2, 0.25) is 0 Å². The minimum absolute atomic E-state index is 0.0286. The fraction of sp³-hybridized carbons (Fsp3) is 0.182. The average molecular weight is 441 g/mol. The molecule has 0 saturated carbocycles. The Morgan fingerprint density at radius 1 is 1.17 bits per heavy atom. The Morgan fingerprint density at radius 2 is 1.93 bits per heavy atom. The van der Waals surface area contributed by atoms with Crippen molar-refractivity contribution in [3.8, 4) is 0 Å². The normalized spacial score (nSPS) is 10.6. The van der Waals surface area contributed by atoms with E-state index >= 15 is 0 Å². The second-order valence-corrected chi connectivity index (χ2v) is 7.95. The van der Waals surface area contributed by atoms with Crippen LogP contribution in [0.3, 0.4) is 0 Å². The van der Waals surface area contributed by atoms with Gasteiger partial charge in [-0.05, 0) is 43.3 Å². The molecule has 1 amide bonds. The zero-order valence-corrected chi connectivity index (χ0v) is 18.0. The molecule has 1 heterocycles. The van der Waals surface area contributed by atoms with Gasteiger partial charge in [0.05, 0.1) is 12.3 Å². The summed E-state index contributed by atoms with van der Waals surface area (Å²) in [4.78, 5) is 24.8. The monoisotopic (exact) mass is 440 g/mol. The van der Waals surface area contributed by atoms with Crippen LogP contribution in [-0.4, -0.2) is 32.2 Å². The van der Waals surface area contributed by atoms with Crippen molar-refractivity contribution in [2.75, 3.05) is 5.75 Å². The minimum atomic E-state index is -0.182. The third-order valence-corrected chi connectivity index (χ3v) is 5.51. The fourth-order valence-corrected chi connectivity index (χ4v) is 3.75. The van der Waals surface area contributed by atoms with Gasteiger partial charge in [-0.3, -0.25) is 9.59 Å². The lowest BCUT2D eigenvalue weighted by Gasteiger charge is -2.09. The van der Waals surface area contributed by atoms with Gasteiger partial charge in [0.1, 0.15) is 0 Å². The number of carbonyl (C=O) groups excluding carboxylic acids is 2. The average Bonchev–Trinajstić information content (AvgIpc) is 3.12. The number of rotatable bonds is 9. The molecule has 30 heavy (non-hydrogen) atoms. The van der Waals surface area contributed by atoms with Crippen molar-refractivity contribution < 1.29 is 9.59 Å². The van der Waals surface area contributed by atoms with Crippen molar-refractivity contribution in [1.29, 1.82) is 0 Å². The second kappa shape index (κ2) is 10.2. The van der Waals surface area contributed by atoms with Crippen LogP contribution < -0.4 is 5.32 Å². The molecule has 0 fully saturated rings. The minimum Gasteiger partial charge on any atom is -0.345 e. The number of amides is 1. The van der Waals surface area contributed by atoms with Gasteiger partial charge in [0.15, 0.2) is 16.8 Å². The molecule has 3 rings (SSSR count). The zero-order valence-electron chi connectivity index (χ0n) is 16.5. The van der Waals surface area contributed by atoms with Crippen molar-refractivity contribution in [2.24, 2.45) is 0 Å². The summed E-state index contributed by atoms with van der Waals surface area (Å²) < 4.78 is 1.84. The first-order chi connectivity index (χ1) is 14.5. The van der Waals surface area contributed by atoms with Crippen LogP contribution in [0.4, 0.5) is 0 Å². The molecule has 6 nitrogen and oxygen atoms in total. The van der Waals surface area contributed by atoms with Gasteiger partial charge in [-0.2, -0.15) is 0 Å². The molecule has 0 saturated heterocycles. The number of carbonyl (C=O) groups is 2. The van der Waals surface area contributed by atoms with Crippen molar-refractivity contribution >= 4 is 35.1 Å². The highest BCUT2D eigenvalue weighted by molar-refractivity contribution is 7.99. The predicted octanol–water partition coefficient (Wildman–Crippen LogP) is 4.33. The Kier molecular flexibility index (Phi) is 7.43. The smallest absolute Gasteiger partial charge is 0.251 e. The lowest BCUT2D eigenvalue weighted by molar-refractivity contribution is 0.0948. The van der Waals surface area contributed by atoms with E-state index < -0.39 is 0 Å². The largest absolute Gasteiger partial charge is 0.345 e. The summed E-state index contributed by atoms with van der Waals surface area (Å²) in [5, 5.41) is 12.4. The molecule has 0 radical (unpaired) electrons. The van der Waals surface area contributed by atoms with Crippen molar-refractivity contribution in [3.63, 3.8) is 0 Å². The van der Waals surface area contributed by atoms with Crippen LogP contribution in [-0.2, 0) is 13.1 Å². The van der Waals surface area contributed by atoms with E-state index in [0.717, 1.165) is 5.56 Å². The van der Waals surface area contributed by atoms with Gasteiger partial charge >= 0.3 is 0 Å². The van der Waals surface area contributed by atoms with E-state index in [1.54, 1.807) is 36.4 Å². The molecule has 0 unspecified atom stereocenters. The maximum atomic E-state index is 12.4. The number of Topliss-reactive ketones (excluding diaryl/α,β-unsaturated/α-hetero) is 1. The number of thioether (sulfide) groups is 1. The first-order valence-corrected chi connectivity index (χ1v) is 10.6. The third-order valence-electron chi connectivity index (χ3n) is 4.29. The molecule has 0 spiro atoms. The van der Waals surface area contributed by atoms with E-state index in [1.165, 1.54) is 11.8 Å². The van der Waals surface area contributed by atoms with Crippen LogP contribution in [0.1, 0.15) is 32.1 Å². The van der Waals surface area contributed by atoms with Crippen molar-refractivity contribution in [2.45, 2.75) is 25.2 Å². The SMILES string of the molecule is C=CCn1c(CNC(=O)c2cccc(C)c2)nnc1SCC(=O)c1ccc(Cl)cc1. The Morgan fingerprint density at radius 3 is 2.63 bits per heavy atom. The van der Waals surface area contributed by atoms with E-state index in [1.807, 2.05) is 29.7 Å². The molecule has 1 aromatic heterocycles. The summed E-state index contributed by atoms with van der Waals surface area (Å²) in [5.41, 5.74) is 2.20. The lowest BCUT2D eigenvalue weighted by Crippen LogP contribution is -2.25. The number of nitrogens with one attached hydrogen (secondary N) is 1. The summed E-state index contributed by atoms with van der Waals surface area (Å²) in [6.07, 6.45) is 1.72. The van der Waals surface area contributed by atoms with E-state index in [4.69, 9.17) is 11.6 Å². The number of benzene rings is 2. The number of hydrogen-bond acceptors (Lipinski definition) is 5. The number of aromatic nitrogens is 3. The van der Waals surface area contributed by atoms with E-state index in [2.05, 4.69) is 22.1 Å². The van der Waals surface area contributed by atoms with Gasteiger partial charge in [-0.25, -0.2) is 0 Å². The Hall–Kier alpha value is -2.90. The molecule has 0 aliphatic heterocycles. The summed E-state index contributed by atoms with van der Waals surface area (Å²) >= 11 is 7.16. The number of halogens is 1. The molecule has 2 aromatic carbocycles. The molecule has 0 atom stereocenters. The molecule has 3 aromatic rings. The van der Waals surface area contributed by atoms with Crippen LogP contribution in [0.25, 0.3) is 0 Å². The Balaban J connectivity index is 1.65. The molecule has 154 valence electrons. The van der Waals surface area contributed by atoms with E-state index in [9.17, 15) is 9.59 Å². The van der Waals surface area contributed by atoms with Gasteiger partial charge in [0, 0.05) is 22.7 Å². The molecular weight excluding hydrogens is 420 g/mol. The number of aryl methyl sites for hydroxylation is 1. The van der Waals surface area contributed by atoms with Crippen LogP contribution in [0.5, 0.6) is 0 Å². The summed E-state index contributed by atoms with van der Waals surface area (Å²) in [7, 11) is 0. The Bertz CT molecular complexity index is 1060. The van der Waals surface area contributed by atoms with Crippen LogP contribution in [0, 0.1) is 6.92 Å². The molecule has 0 bridgehead atoms. The molecule has 1 N–H and O–H groups in total. The van der Waals surface area contributed by atoms with Crippen LogP contribution in [0.15, 0.2) is 66.3 Å². The highest BCUT2D eigenvalue weighted by Crippen LogP contribution is 2.20.